The SMILES string of the molecule is CCc1nc(C)ccc1Oc1ccnc2cc(N)ccc12. The number of nitrogen functional groups attached to an aromatic ring is 1. The summed E-state index contributed by atoms with van der Waals surface area (Å²) in [5.74, 6) is 1.55. The quantitative estimate of drug-likeness (QED) is 0.739. The third kappa shape index (κ3) is 2.65. The van der Waals surface area contributed by atoms with Crippen molar-refractivity contribution < 1.29 is 4.74 Å². The lowest BCUT2D eigenvalue weighted by Gasteiger charge is -2.12. The first-order valence-corrected chi connectivity index (χ1v) is 6.96. The van der Waals surface area contributed by atoms with Crippen LogP contribution in [0.5, 0.6) is 11.5 Å². The standard InChI is InChI=1S/C17H17N3O/c1-3-14-17(7-4-11(2)20-14)21-16-8-9-19-15-10-12(18)5-6-13(15)16/h4-10H,3,18H2,1-2H3. The Morgan fingerprint density at radius 1 is 1.10 bits per heavy atom. The second-order valence-corrected chi connectivity index (χ2v) is 4.94. The molecule has 0 atom stereocenters. The first-order valence-electron chi connectivity index (χ1n) is 6.96. The molecule has 21 heavy (non-hydrogen) atoms. The third-order valence-corrected chi connectivity index (χ3v) is 3.35. The normalized spacial score (nSPS) is 10.8. The van der Waals surface area contributed by atoms with Crippen LogP contribution in [0.3, 0.4) is 0 Å². The fourth-order valence-electron chi connectivity index (χ4n) is 2.29. The highest BCUT2D eigenvalue weighted by molar-refractivity contribution is 5.87. The maximum atomic E-state index is 6.07. The Balaban J connectivity index is 2.06. The zero-order valence-corrected chi connectivity index (χ0v) is 12.1. The van der Waals surface area contributed by atoms with Crippen molar-refractivity contribution in [1.82, 2.24) is 9.97 Å². The van der Waals surface area contributed by atoms with Gasteiger partial charge in [-0.25, -0.2) is 0 Å². The van der Waals surface area contributed by atoms with Gasteiger partial charge in [-0.1, -0.05) is 6.92 Å². The molecular weight excluding hydrogens is 262 g/mol. The molecule has 0 bridgehead atoms. The van der Waals surface area contributed by atoms with Crippen LogP contribution in [-0.2, 0) is 6.42 Å². The van der Waals surface area contributed by atoms with Gasteiger partial charge >= 0.3 is 0 Å². The highest BCUT2D eigenvalue weighted by atomic mass is 16.5. The van der Waals surface area contributed by atoms with Crippen molar-refractivity contribution in [3.63, 3.8) is 0 Å². The van der Waals surface area contributed by atoms with Crippen LogP contribution >= 0.6 is 0 Å². The molecule has 106 valence electrons. The molecule has 2 aromatic heterocycles. The van der Waals surface area contributed by atoms with Gasteiger partial charge < -0.3 is 10.5 Å². The molecule has 0 amide bonds. The number of rotatable bonds is 3. The van der Waals surface area contributed by atoms with Crippen LogP contribution in [0.2, 0.25) is 0 Å². The number of ether oxygens (including phenoxy) is 1. The van der Waals surface area contributed by atoms with E-state index in [1.54, 1.807) is 6.20 Å². The van der Waals surface area contributed by atoms with Crippen molar-refractivity contribution >= 4 is 16.6 Å². The Hall–Kier alpha value is -2.62. The summed E-state index contributed by atoms with van der Waals surface area (Å²) in [7, 11) is 0. The van der Waals surface area contributed by atoms with Crippen LogP contribution in [-0.4, -0.2) is 9.97 Å². The van der Waals surface area contributed by atoms with E-state index in [1.165, 1.54) is 0 Å². The van der Waals surface area contributed by atoms with Crippen LogP contribution in [0.25, 0.3) is 10.9 Å². The number of nitrogens with two attached hydrogens (primary N) is 1. The minimum Gasteiger partial charge on any atom is -0.455 e. The van der Waals surface area contributed by atoms with Crippen molar-refractivity contribution in [2.24, 2.45) is 0 Å². The predicted octanol–water partition coefficient (Wildman–Crippen LogP) is 3.88. The zero-order valence-electron chi connectivity index (χ0n) is 12.1. The number of benzene rings is 1. The number of pyridine rings is 2. The molecule has 0 saturated heterocycles. The Labute approximate surface area is 123 Å². The largest absolute Gasteiger partial charge is 0.455 e. The molecule has 0 aliphatic rings. The molecule has 0 saturated carbocycles. The van der Waals surface area contributed by atoms with Crippen LogP contribution in [0.4, 0.5) is 5.69 Å². The van der Waals surface area contributed by atoms with Gasteiger partial charge in [-0.3, -0.25) is 9.97 Å². The van der Waals surface area contributed by atoms with Crippen molar-refractivity contribution in [3.05, 3.63) is 54.0 Å². The summed E-state index contributed by atoms with van der Waals surface area (Å²) in [5, 5.41) is 0.939. The maximum Gasteiger partial charge on any atom is 0.148 e. The molecule has 3 rings (SSSR count). The minimum absolute atomic E-state index is 0.693. The van der Waals surface area contributed by atoms with Crippen LogP contribution in [0.1, 0.15) is 18.3 Å². The van der Waals surface area contributed by atoms with E-state index in [2.05, 4.69) is 16.9 Å². The number of hydrogen-bond donors (Lipinski definition) is 1. The molecule has 4 heteroatoms. The van der Waals surface area contributed by atoms with Gasteiger partial charge in [0, 0.05) is 23.0 Å². The van der Waals surface area contributed by atoms with Gasteiger partial charge in [-0.05, 0) is 49.7 Å². The summed E-state index contributed by atoms with van der Waals surface area (Å²) in [5.41, 5.74) is 9.26. The summed E-state index contributed by atoms with van der Waals surface area (Å²) in [6.45, 7) is 4.05. The van der Waals surface area contributed by atoms with Gasteiger partial charge in [0.1, 0.15) is 11.5 Å². The first kappa shape index (κ1) is 13.4. The van der Waals surface area contributed by atoms with Gasteiger partial charge in [-0.2, -0.15) is 0 Å². The zero-order chi connectivity index (χ0) is 14.8. The van der Waals surface area contributed by atoms with Gasteiger partial charge in [-0.15, -0.1) is 0 Å². The molecular formula is C17H17N3O. The number of aryl methyl sites for hydroxylation is 2. The smallest absolute Gasteiger partial charge is 0.148 e. The predicted molar refractivity (Wildman–Crippen MR) is 84.6 cm³/mol. The fourth-order valence-corrected chi connectivity index (χ4v) is 2.29. The van der Waals surface area contributed by atoms with Crippen molar-refractivity contribution in [2.75, 3.05) is 5.73 Å². The maximum absolute atomic E-state index is 6.07. The monoisotopic (exact) mass is 279 g/mol. The van der Waals surface area contributed by atoms with E-state index in [-0.39, 0.29) is 0 Å². The van der Waals surface area contributed by atoms with E-state index in [1.807, 2.05) is 43.3 Å². The average Bonchev–Trinajstić information content (AvgIpc) is 2.49. The van der Waals surface area contributed by atoms with E-state index < -0.39 is 0 Å². The van der Waals surface area contributed by atoms with E-state index in [0.29, 0.717) is 5.69 Å². The lowest BCUT2D eigenvalue weighted by molar-refractivity contribution is 0.478. The summed E-state index contributed by atoms with van der Waals surface area (Å²) in [6, 6.07) is 11.4. The Morgan fingerprint density at radius 3 is 2.76 bits per heavy atom. The summed E-state index contributed by atoms with van der Waals surface area (Å²) in [4.78, 5) is 8.85. The minimum atomic E-state index is 0.693. The molecule has 0 radical (unpaired) electrons. The highest BCUT2D eigenvalue weighted by Crippen LogP contribution is 2.31. The molecule has 3 aromatic rings. The lowest BCUT2D eigenvalue weighted by atomic mass is 10.2. The Kier molecular flexibility index (Phi) is 3.44. The molecule has 1 aromatic carbocycles. The number of fused-ring (bicyclic) bond motifs is 1. The number of anilines is 1. The summed E-state index contributed by atoms with van der Waals surface area (Å²) in [6.07, 6.45) is 2.55. The second-order valence-electron chi connectivity index (χ2n) is 4.94. The average molecular weight is 279 g/mol. The Morgan fingerprint density at radius 2 is 1.95 bits per heavy atom. The summed E-state index contributed by atoms with van der Waals surface area (Å²) < 4.78 is 6.07. The van der Waals surface area contributed by atoms with Crippen LogP contribution in [0, 0.1) is 6.92 Å². The third-order valence-electron chi connectivity index (χ3n) is 3.35. The van der Waals surface area contributed by atoms with Gasteiger partial charge in [0.25, 0.3) is 0 Å². The second kappa shape index (κ2) is 5.40. The Bertz CT molecular complexity index is 799. The highest BCUT2D eigenvalue weighted by Gasteiger charge is 2.09. The molecule has 0 unspecified atom stereocenters. The number of nitrogens with zero attached hydrogens (tertiary/aromatic N) is 2. The van der Waals surface area contributed by atoms with E-state index in [9.17, 15) is 0 Å². The molecule has 0 fully saturated rings. The molecule has 2 N–H and O–H groups in total. The fraction of sp³-hybridized carbons (Fsp3) is 0.176. The first-order chi connectivity index (χ1) is 10.2. The van der Waals surface area contributed by atoms with Crippen LogP contribution < -0.4 is 10.5 Å². The number of aromatic nitrogens is 2. The van der Waals surface area contributed by atoms with Gasteiger partial charge in [0.15, 0.2) is 0 Å². The topological polar surface area (TPSA) is 61.0 Å². The van der Waals surface area contributed by atoms with Gasteiger partial charge in [0.05, 0.1) is 11.2 Å². The molecule has 0 aliphatic heterocycles. The number of hydrogen-bond acceptors (Lipinski definition) is 4. The molecule has 4 nitrogen and oxygen atoms in total. The molecule has 2 heterocycles. The van der Waals surface area contributed by atoms with E-state index in [4.69, 9.17) is 10.5 Å². The van der Waals surface area contributed by atoms with Gasteiger partial charge in [0.2, 0.25) is 0 Å². The van der Waals surface area contributed by atoms with Crippen molar-refractivity contribution in [1.29, 1.82) is 0 Å². The summed E-state index contributed by atoms with van der Waals surface area (Å²) >= 11 is 0. The van der Waals surface area contributed by atoms with Crippen molar-refractivity contribution in [2.45, 2.75) is 20.3 Å². The lowest BCUT2D eigenvalue weighted by Crippen LogP contribution is -1.96. The molecule has 0 spiro atoms. The molecule has 0 aliphatic carbocycles. The van der Waals surface area contributed by atoms with Crippen molar-refractivity contribution in [3.8, 4) is 11.5 Å². The van der Waals surface area contributed by atoms with E-state index in [0.717, 1.165) is 40.2 Å². The van der Waals surface area contributed by atoms with Crippen LogP contribution in [0.15, 0.2) is 42.6 Å². The van der Waals surface area contributed by atoms with E-state index >= 15 is 0 Å².